The minimum Gasteiger partial charge on any atom is -0.428 e. The lowest BCUT2D eigenvalue weighted by molar-refractivity contribution is -0.142. The van der Waals surface area contributed by atoms with Crippen LogP contribution in [0.15, 0.2) is 10.7 Å². The van der Waals surface area contributed by atoms with Crippen LogP contribution in [0.3, 0.4) is 0 Å². The molecule has 4 heteroatoms. The molecule has 1 rings (SSSR count). The molecule has 1 N–H and O–H groups in total. The first kappa shape index (κ1) is 13.1. The van der Waals surface area contributed by atoms with Gasteiger partial charge in [-0.1, -0.05) is 18.8 Å². The molecule has 0 saturated carbocycles. The summed E-state index contributed by atoms with van der Waals surface area (Å²) in [6.07, 6.45) is 4.17. The standard InChI is InChI=1S/C12H17NO2S/c1-4-9(13-2)12(14)15-10-7-5-6-8-11(10)16-3/h9,13H,4-5,7H2,1-3H3. The number of carbonyl (C=O) groups excluding carboxylic acids is 1. The van der Waals surface area contributed by atoms with Crippen LogP contribution in [0.25, 0.3) is 0 Å². The highest BCUT2D eigenvalue weighted by molar-refractivity contribution is 8.02. The van der Waals surface area contributed by atoms with Crippen molar-refractivity contribution < 1.29 is 9.53 Å². The van der Waals surface area contributed by atoms with Crippen LogP contribution in [-0.2, 0) is 9.53 Å². The molecule has 0 spiro atoms. The monoisotopic (exact) mass is 239 g/mol. The predicted molar refractivity (Wildman–Crippen MR) is 66.8 cm³/mol. The van der Waals surface area contributed by atoms with Crippen LogP contribution in [0, 0.1) is 11.8 Å². The van der Waals surface area contributed by atoms with E-state index in [1.165, 1.54) is 11.8 Å². The lowest BCUT2D eigenvalue weighted by Crippen LogP contribution is -2.34. The molecule has 1 aliphatic rings. The fourth-order valence-corrected chi connectivity index (χ4v) is 1.99. The quantitative estimate of drug-likeness (QED) is 0.587. The van der Waals surface area contributed by atoms with Crippen LogP contribution in [0.2, 0.25) is 0 Å². The van der Waals surface area contributed by atoms with Crippen molar-refractivity contribution in [1.29, 1.82) is 0 Å². The summed E-state index contributed by atoms with van der Waals surface area (Å²) in [5, 5.41) is 2.93. The molecule has 1 unspecified atom stereocenters. The van der Waals surface area contributed by atoms with Crippen LogP contribution in [0.1, 0.15) is 26.2 Å². The van der Waals surface area contributed by atoms with E-state index in [4.69, 9.17) is 4.74 Å². The van der Waals surface area contributed by atoms with Crippen LogP contribution in [-0.4, -0.2) is 25.3 Å². The Morgan fingerprint density at radius 3 is 3.00 bits per heavy atom. The molecule has 0 heterocycles. The van der Waals surface area contributed by atoms with Gasteiger partial charge in [-0.15, -0.1) is 11.8 Å². The number of thioether (sulfide) groups is 1. The number of hydrogen-bond acceptors (Lipinski definition) is 4. The smallest absolute Gasteiger partial charge is 0.328 e. The van der Waals surface area contributed by atoms with E-state index in [2.05, 4.69) is 17.2 Å². The summed E-state index contributed by atoms with van der Waals surface area (Å²) >= 11 is 1.53. The van der Waals surface area contributed by atoms with Gasteiger partial charge in [-0.2, -0.15) is 0 Å². The molecule has 1 atom stereocenters. The average Bonchev–Trinajstić information content (AvgIpc) is 2.31. The zero-order chi connectivity index (χ0) is 12.0. The van der Waals surface area contributed by atoms with E-state index < -0.39 is 0 Å². The molecular weight excluding hydrogens is 222 g/mol. The van der Waals surface area contributed by atoms with Gasteiger partial charge in [0.1, 0.15) is 11.8 Å². The first-order valence-corrected chi connectivity index (χ1v) is 6.60. The fraction of sp³-hybridized carbons (Fsp3) is 0.583. The van der Waals surface area contributed by atoms with Crippen molar-refractivity contribution in [3.8, 4) is 11.8 Å². The third kappa shape index (κ3) is 3.29. The van der Waals surface area contributed by atoms with Crippen LogP contribution in [0.4, 0.5) is 0 Å². The summed E-state index contributed by atoms with van der Waals surface area (Å²) in [5.74, 6) is 6.52. The van der Waals surface area contributed by atoms with E-state index in [9.17, 15) is 4.79 Å². The maximum absolute atomic E-state index is 11.8. The summed E-state index contributed by atoms with van der Waals surface area (Å²) < 4.78 is 5.39. The van der Waals surface area contributed by atoms with E-state index in [0.29, 0.717) is 0 Å². The Morgan fingerprint density at radius 2 is 2.44 bits per heavy atom. The number of hydrogen-bond donors (Lipinski definition) is 1. The number of likely N-dealkylation sites (N-methyl/N-ethyl adjacent to an activating group) is 1. The van der Waals surface area contributed by atoms with Gasteiger partial charge in [0.25, 0.3) is 0 Å². The van der Waals surface area contributed by atoms with Crippen LogP contribution < -0.4 is 5.32 Å². The topological polar surface area (TPSA) is 38.3 Å². The highest BCUT2D eigenvalue weighted by Gasteiger charge is 2.19. The maximum Gasteiger partial charge on any atom is 0.328 e. The normalized spacial score (nSPS) is 16.4. The van der Waals surface area contributed by atoms with Crippen molar-refractivity contribution in [2.45, 2.75) is 32.2 Å². The summed E-state index contributed by atoms with van der Waals surface area (Å²) in [6.45, 7) is 1.95. The third-order valence-corrected chi connectivity index (χ3v) is 3.14. The Bertz CT molecular complexity index is 348. The van der Waals surface area contributed by atoms with Crippen molar-refractivity contribution in [2.24, 2.45) is 0 Å². The second kappa shape index (κ2) is 6.62. The van der Waals surface area contributed by atoms with Crippen molar-refractivity contribution in [3.05, 3.63) is 10.7 Å². The van der Waals surface area contributed by atoms with E-state index in [1.54, 1.807) is 7.05 Å². The molecule has 3 nitrogen and oxygen atoms in total. The van der Waals surface area contributed by atoms with Gasteiger partial charge in [-0.25, -0.2) is 4.79 Å². The lowest BCUT2D eigenvalue weighted by Gasteiger charge is -2.16. The van der Waals surface area contributed by atoms with Gasteiger partial charge >= 0.3 is 5.97 Å². The van der Waals surface area contributed by atoms with E-state index in [1.807, 2.05) is 13.2 Å². The Balaban J connectivity index is 2.70. The van der Waals surface area contributed by atoms with Gasteiger partial charge in [0.15, 0.2) is 0 Å². The van der Waals surface area contributed by atoms with E-state index >= 15 is 0 Å². The zero-order valence-corrected chi connectivity index (χ0v) is 10.7. The van der Waals surface area contributed by atoms with Crippen molar-refractivity contribution >= 4 is 17.7 Å². The molecule has 0 saturated heterocycles. The van der Waals surface area contributed by atoms with Gasteiger partial charge in [0.05, 0.1) is 4.91 Å². The minimum absolute atomic E-state index is 0.213. The molecule has 0 aliphatic heterocycles. The van der Waals surface area contributed by atoms with E-state index in [0.717, 1.165) is 29.9 Å². The molecule has 0 radical (unpaired) electrons. The van der Waals surface area contributed by atoms with Gasteiger partial charge in [-0.05, 0) is 19.7 Å². The first-order chi connectivity index (χ1) is 7.72. The number of carbonyl (C=O) groups is 1. The number of nitrogens with one attached hydrogen (secondary N) is 1. The highest BCUT2D eigenvalue weighted by Crippen LogP contribution is 2.24. The van der Waals surface area contributed by atoms with Gasteiger partial charge in [-0.3, -0.25) is 0 Å². The van der Waals surface area contributed by atoms with Gasteiger partial charge in [0, 0.05) is 12.8 Å². The second-order valence-electron chi connectivity index (χ2n) is 3.43. The summed E-state index contributed by atoms with van der Waals surface area (Å²) in [6, 6.07) is -0.231. The summed E-state index contributed by atoms with van der Waals surface area (Å²) in [5.41, 5.74) is 0. The van der Waals surface area contributed by atoms with Gasteiger partial charge < -0.3 is 10.1 Å². The number of allylic oxidation sites excluding steroid dienone is 2. The summed E-state index contributed by atoms with van der Waals surface area (Å²) in [7, 11) is 1.76. The largest absolute Gasteiger partial charge is 0.428 e. The predicted octanol–water partition coefficient (Wildman–Crippen LogP) is 1.90. The van der Waals surface area contributed by atoms with Crippen LogP contribution >= 0.6 is 11.8 Å². The molecule has 0 fully saturated rings. The molecule has 1 aliphatic carbocycles. The molecule has 88 valence electrons. The van der Waals surface area contributed by atoms with Crippen molar-refractivity contribution in [1.82, 2.24) is 5.32 Å². The highest BCUT2D eigenvalue weighted by atomic mass is 32.2. The Labute approximate surface area is 101 Å². The van der Waals surface area contributed by atoms with Gasteiger partial charge in [0.2, 0.25) is 0 Å². The van der Waals surface area contributed by atoms with Crippen molar-refractivity contribution in [2.75, 3.05) is 13.3 Å². The number of ether oxygens (including phenoxy) is 1. The summed E-state index contributed by atoms with van der Waals surface area (Å²) in [4.78, 5) is 12.6. The minimum atomic E-state index is -0.231. The number of rotatable bonds is 5. The Kier molecular flexibility index (Phi) is 5.44. The Morgan fingerprint density at radius 1 is 1.69 bits per heavy atom. The third-order valence-electron chi connectivity index (χ3n) is 2.40. The second-order valence-corrected chi connectivity index (χ2v) is 4.25. The maximum atomic E-state index is 11.8. The molecule has 0 amide bonds. The molecule has 16 heavy (non-hydrogen) atoms. The molecular formula is C12H17NO2S. The Hall–Kier alpha value is -0.920. The fourth-order valence-electron chi connectivity index (χ4n) is 1.45. The molecule has 0 aromatic heterocycles. The molecule has 0 aromatic carbocycles. The molecule has 0 aromatic rings. The lowest BCUT2D eigenvalue weighted by atomic mass is 10.2. The van der Waals surface area contributed by atoms with Crippen molar-refractivity contribution in [3.63, 3.8) is 0 Å². The first-order valence-electron chi connectivity index (χ1n) is 5.37. The number of esters is 1. The molecule has 0 bridgehead atoms. The average molecular weight is 239 g/mol. The van der Waals surface area contributed by atoms with Crippen LogP contribution in [0.5, 0.6) is 0 Å². The SMILES string of the molecule is CCC(NC)C(=O)OC1=C(SC)C#CCC1. The zero-order valence-electron chi connectivity index (χ0n) is 9.92. The van der Waals surface area contributed by atoms with E-state index in [-0.39, 0.29) is 12.0 Å².